The van der Waals surface area contributed by atoms with Crippen molar-refractivity contribution in [2.75, 3.05) is 24.5 Å². The van der Waals surface area contributed by atoms with Gasteiger partial charge >= 0.3 is 0 Å². The zero-order valence-corrected chi connectivity index (χ0v) is 10.1. The average Bonchev–Trinajstić information content (AvgIpc) is 2.32. The minimum atomic E-state index is 0.689. The number of rotatable bonds is 2. The fourth-order valence-electron chi connectivity index (χ4n) is 2.20. The van der Waals surface area contributed by atoms with Crippen molar-refractivity contribution in [1.82, 2.24) is 9.97 Å². The van der Waals surface area contributed by atoms with Crippen LogP contribution in [-0.2, 0) is 0 Å². The van der Waals surface area contributed by atoms with Gasteiger partial charge in [0.25, 0.3) is 0 Å². The lowest BCUT2D eigenvalue weighted by Gasteiger charge is -2.32. The monoisotopic (exact) mass is 220 g/mol. The van der Waals surface area contributed by atoms with E-state index in [1.165, 1.54) is 12.8 Å². The largest absolute Gasteiger partial charge is 0.355 e. The molecule has 1 aromatic rings. The third kappa shape index (κ3) is 2.32. The van der Waals surface area contributed by atoms with Crippen LogP contribution in [-0.4, -0.2) is 29.6 Å². The third-order valence-corrected chi connectivity index (χ3v) is 3.30. The van der Waals surface area contributed by atoms with E-state index in [9.17, 15) is 0 Å². The maximum absolute atomic E-state index is 5.69. The molecule has 0 bridgehead atoms. The lowest BCUT2D eigenvalue weighted by Crippen LogP contribution is -2.37. The van der Waals surface area contributed by atoms with Crippen molar-refractivity contribution in [2.45, 2.75) is 26.7 Å². The molecule has 1 aromatic heterocycles. The number of hydrogen-bond donors (Lipinski definition) is 1. The van der Waals surface area contributed by atoms with Crippen LogP contribution in [0.4, 0.5) is 5.82 Å². The predicted octanol–water partition coefficient (Wildman–Crippen LogP) is 1.27. The van der Waals surface area contributed by atoms with E-state index in [2.05, 4.69) is 14.9 Å². The highest BCUT2D eigenvalue weighted by Crippen LogP contribution is 2.22. The molecule has 1 fully saturated rings. The van der Waals surface area contributed by atoms with Gasteiger partial charge in [-0.25, -0.2) is 4.98 Å². The van der Waals surface area contributed by atoms with Crippen LogP contribution < -0.4 is 10.6 Å². The van der Waals surface area contributed by atoms with Gasteiger partial charge in [-0.05, 0) is 39.2 Å². The number of aryl methyl sites for hydroxylation is 2. The molecule has 0 saturated carbocycles. The smallest absolute Gasteiger partial charge is 0.150 e. The summed E-state index contributed by atoms with van der Waals surface area (Å²) in [5.74, 6) is 1.74. The van der Waals surface area contributed by atoms with Gasteiger partial charge in [0.05, 0.1) is 11.4 Å². The van der Waals surface area contributed by atoms with Crippen LogP contribution in [0.1, 0.15) is 24.2 Å². The molecule has 0 spiro atoms. The van der Waals surface area contributed by atoms with Crippen molar-refractivity contribution in [1.29, 1.82) is 0 Å². The number of hydrogen-bond acceptors (Lipinski definition) is 4. The fourth-order valence-corrected chi connectivity index (χ4v) is 2.20. The summed E-state index contributed by atoms with van der Waals surface area (Å²) < 4.78 is 0. The van der Waals surface area contributed by atoms with Gasteiger partial charge in [-0.1, -0.05) is 0 Å². The molecule has 1 aliphatic rings. The molecular formula is C12H20N4. The summed E-state index contributed by atoms with van der Waals surface area (Å²) in [4.78, 5) is 11.3. The van der Waals surface area contributed by atoms with E-state index in [0.29, 0.717) is 5.92 Å². The van der Waals surface area contributed by atoms with Crippen molar-refractivity contribution in [2.24, 2.45) is 11.7 Å². The van der Waals surface area contributed by atoms with Crippen molar-refractivity contribution < 1.29 is 0 Å². The van der Waals surface area contributed by atoms with Crippen LogP contribution in [0.25, 0.3) is 0 Å². The van der Waals surface area contributed by atoms with Crippen LogP contribution in [0.15, 0.2) is 6.20 Å². The highest BCUT2D eigenvalue weighted by Gasteiger charge is 2.20. The Morgan fingerprint density at radius 2 is 2.06 bits per heavy atom. The zero-order chi connectivity index (χ0) is 11.5. The first-order valence-electron chi connectivity index (χ1n) is 5.96. The lowest BCUT2D eigenvalue weighted by atomic mass is 9.97. The summed E-state index contributed by atoms with van der Waals surface area (Å²) in [5, 5.41) is 0. The molecular weight excluding hydrogens is 200 g/mol. The normalized spacial score (nSPS) is 17.8. The van der Waals surface area contributed by atoms with E-state index in [0.717, 1.165) is 36.8 Å². The molecule has 2 rings (SSSR count). The van der Waals surface area contributed by atoms with Crippen molar-refractivity contribution in [3.63, 3.8) is 0 Å². The highest BCUT2D eigenvalue weighted by molar-refractivity contribution is 5.43. The molecule has 0 unspecified atom stereocenters. The summed E-state index contributed by atoms with van der Waals surface area (Å²) in [5.41, 5.74) is 7.71. The molecule has 0 aromatic carbocycles. The van der Waals surface area contributed by atoms with Crippen LogP contribution in [0, 0.1) is 19.8 Å². The van der Waals surface area contributed by atoms with Gasteiger partial charge in [0.2, 0.25) is 0 Å². The molecule has 2 heterocycles. The number of nitrogens with zero attached hydrogens (tertiary/aromatic N) is 3. The van der Waals surface area contributed by atoms with Crippen molar-refractivity contribution in [3.05, 3.63) is 17.6 Å². The molecule has 4 nitrogen and oxygen atoms in total. The number of aromatic nitrogens is 2. The lowest BCUT2D eigenvalue weighted by molar-refractivity contribution is 0.412. The van der Waals surface area contributed by atoms with E-state index < -0.39 is 0 Å². The first-order chi connectivity index (χ1) is 7.70. The molecule has 2 N–H and O–H groups in total. The second kappa shape index (κ2) is 4.78. The number of piperidine rings is 1. The van der Waals surface area contributed by atoms with E-state index in [1.54, 1.807) is 0 Å². The van der Waals surface area contributed by atoms with Crippen LogP contribution in [0.5, 0.6) is 0 Å². The van der Waals surface area contributed by atoms with E-state index >= 15 is 0 Å². The highest BCUT2D eigenvalue weighted by atomic mass is 15.2. The van der Waals surface area contributed by atoms with Gasteiger partial charge in [0.15, 0.2) is 0 Å². The Morgan fingerprint density at radius 1 is 1.38 bits per heavy atom. The minimum Gasteiger partial charge on any atom is -0.355 e. The summed E-state index contributed by atoms with van der Waals surface area (Å²) in [6.07, 6.45) is 4.17. The summed E-state index contributed by atoms with van der Waals surface area (Å²) in [7, 11) is 0. The fraction of sp³-hybridized carbons (Fsp3) is 0.667. The summed E-state index contributed by atoms with van der Waals surface area (Å²) in [6.45, 7) is 6.94. The molecule has 0 amide bonds. The maximum Gasteiger partial charge on any atom is 0.150 e. The Hall–Kier alpha value is -1.16. The molecule has 0 aliphatic carbocycles. The van der Waals surface area contributed by atoms with Crippen LogP contribution in [0.2, 0.25) is 0 Å². The Bertz CT molecular complexity index is 356. The van der Waals surface area contributed by atoms with Crippen molar-refractivity contribution >= 4 is 5.82 Å². The minimum absolute atomic E-state index is 0.689. The van der Waals surface area contributed by atoms with Gasteiger partial charge < -0.3 is 10.6 Å². The van der Waals surface area contributed by atoms with E-state index in [-0.39, 0.29) is 0 Å². The van der Waals surface area contributed by atoms with Gasteiger partial charge in [-0.2, -0.15) is 0 Å². The topological polar surface area (TPSA) is 55.0 Å². The Kier molecular flexibility index (Phi) is 3.39. The number of nitrogens with two attached hydrogens (primary N) is 1. The summed E-state index contributed by atoms with van der Waals surface area (Å²) in [6, 6.07) is 0. The molecule has 4 heteroatoms. The molecule has 0 atom stereocenters. The second-order valence-electron chi connectivity index (χ2n) is 4.59. The first-order valence-corrected chi connectivity index (χ1v) is 5.96. The third-order valence-electron chi connectivity index (χ3n) is 3.30. The second-order valence-corrected chi connectivity index (χ2v) is 4.59. The summed E-state index contributed by atoms with van der Waals surface area (Å²) >= 11 is 0. The quantitative estimate of drug-likeness (QED) is 0.815. The Labute approximate surface area is 96.9 Å². The average molecular weight is 220 g/mol. The van der Waals surface area contributed by atoms with Gasteiger partial charge in [-0.3, -0.25) is 4.98 Å². The first kappa shape index (κ1) is 11.3. The number of anilines is 1. The van der Waals surface area contributed by atoms with Gasteiger partial charge in [0, 0.05) is 19.3 Å². The van der Waals surface area contributed by atoms with Crippen LogP contribution in [0.3, 0.4) is 0 Å². The van der Waals surface area contributed by atoms with Gasteiger partial charge in [-0.15, -0.1) is 0 Å². The predicted molar refractivity (Wildman–Crippen MR) is 65.5 cm³/mol. The Balaban J connectivity index is 2.10. The molecule has 16 heavy (non-hydrogen) atoms. The SMILES string of the molecule is Cc1cnc(C)c(N2CCC(CN)CC2)n1. The Morgan fingerprint density at radius 3 is 2.69 bits per heavy atom. The maximum atomic E-state index is 5.69. The zero-order valence-electron chi connectivity index (χ0n) is 10.1. The van der Waals surface area contributed by atoms with E-state index in [1.807, 2.05) is 20.0 Å². The van der Waals surface area contributed by atoms with Crippen LogP contribution >= 0.6 is 0 Å². The molecule has 0 radical (unpaired) electrons. The molecule has 88 valence electrons. The van der Waals surface area contributed by atoms with Crippen molar-refractivity contribution in [3.8, 4) is 0 Å². The van der Waals surface area contributed by atoms with E-state index in [4.69, 9.17) is 5.73 Å². The molecule has 1 aliphatic heterocycles. The molecule has 1 saturated heterocycles. The standard InChI is InChI=1S/C12H20N4/c1-9-8-14-10(2)12(15-9)16-5-3-11(7-13)4-6-16/h8,11H,3-7,13H2,1-2H3. The van der Waals surface area contributed by atoms with Gasteiger partial charge in [0.1, 0.15) is 5.82 Å².